The van der Waals surface area contributed by atoms with Gasteiger partial charge in [-0.2, -0.15) is 0 Å². The number of rotatable bonds is 12. The Morgan fingerprint density at radius 3 is 1.53 bits per heavy atom. The molecule has 0 amide bonds. The summed E-state index contributed by atoms with van der Waals surface area (Å²) in [5.41, 5.74) is 11.6. The van der Waals surface area contributed by atoms with Crippen LogP contribution in [-0.2, 0) is 29.2 Å². The van der Waals surface area contributed by atoms with Crippen LogP contribution in [0.3, 0.4) is 0 Å². The first-order valence-electron chi connectivity index (χ1n) is 19.4. The Labute approximate surface area is 342 Å². The Balaban J connectivity index is 0.000000193. The van der Waals surface area contributed by atoms with Crippen LogP contribution >= 0.6 is 0 Å². The van der Waals surface area contributed by atoms with Crippen molar-refractivity contribution >= 4 is 23.6 Å². The van der Waals surface area contributed by atoms with Crippen LogP contribution in [0, 0.1) is 13.8 Å². The van der Waals surface area contributed by atoms with Gasteiger partial charge in [0.15, 0.2) is 0 Å². The first-order valence-corrected chi connectivity index (χ1v) is 19.4. The molecule has 10 nitrogen and oxygen atoms in total. The lowest BCUT2D eigenvalue weighted by atomic mass is 9.94. The van der Waals surface area contributed by atoms with Gasteiger partial charge < -0.3 is 34.6 Å². The minimum absolute atomic E-state index is 0.282. The van der Waals surface area contributed by atoms with Gasteiger partial charge in [-0.15, -0.1) is 0 Å². The number of piperidine rings is 1. The van der Waals surface area contributed by atoms with Gasteiger partial charge in [0, 0.05) is 44.6 Å². The Morgan fingerprint density at radius 2 is 1.07 bits per heavy atom. The normalized spacial score (nSPS) is 13.5. The minimum atomic E-state index is -0.923. The van der Waals surface area contributed by atoms with Gasteiger partial charge in [0.05, 0.1) is 29.9 Å². The summed E-state index contributed by atoms with van der Waals surface area (Å²) in [5, 5.41) is 27.3. The molecular formula is C48H56N2O8. The van der Waals surface area contributed by atoms with Crippen LogP contribution in [0.5, 0.6) is 0 Å². The van der Waals surface area contributed by atoms with Gasteiger partial charge in [0.1, 0.15) is 0 Å². The highest BCUT2D eigenvalue weighted by molar-refractivity contribution is 5.90. The molecule has 5 aromatic carbocycles. The van der Waals surface area contributed by atoms with Gasteiger partial charge in [-0.25, -0.2) is 14.4 Å². The minimum Gasteiger partial charge on any atom is -0.478 e. The molecule has 1 atom stereocenters. The molecule has 0 radical (unpaired) electrons. The molecule has 0 spiro atoms. The lowest BCUT2D eigenvalue weighted by Gasteiger charge is -2.36. The van der Waals surface area contributed by atoms with E-state index in [4.69, 9.17) is 24.8 Å². The number of anilines is 1. The third kappa shape index (κ3) is 12.1. The molecule has 1 saturated heterocycles. The molecule has 1 heterocycles. The maximum absolute atomic E-state index is 11.1. The third-order valence-electron chi connectivity index (χ3n) is 10.1. The number of hydrogen-bond donors (Lipinski definition) is 3. The van der Waals surface area contributed by atoms with Crippen LogP contribution < -0.4 is 4.90 Å². The van der Waals surface area contributed by atoms with E-state index < -0.39 is 17.9 Å². The number of methoxy groups -OCH3 is 2. The number of benzene rings is 5. The lowest BCUT2D eigenvalue weighted by Crippen LogP contribution is -2.38. The molecule has 0 saturated carbocycles. The average molecular weight is 789 g/mol. The van der Waals surface area contributed by atoms with Crippen molar-refractivity contribution < 1.29 is 39.2 Å². The second-order valence-corrected chi connectivity index (χ2v) is 14.8. The number of carboxylic acid groups (broad SMARTS) is 3. The van der Waals surface area contributed by atoms with Crippen molar-refractivity contribution in [1.82, 2.24) is 4.90 Å². The summed E-state index contributed by atoms with van der Waals surface area (Å²) in [7, 11) is 7.20. The predicted octanol–water partition coefficient (Wildman–Crippen LogP) is 9.84. The maximum atomic E-state index is 11.1. The maximum Gasteiger partial charge on any atom is 0.335 e. The number of hydrogen-bond acceptors (Lipinski definition) is 7. The van der Waals surface area contributed by atoms with Crippen molar-refractivity contribution in [3.8, 4) is 22.3 Å². The van der Waals surface area contributed by atoms with E-state index in [9.17, 15) is 14.4 Å². The number of carboxylic acids is 3. The molecule has 0 aromatic heterocycles. The zero-order valence-electron chi connectivity index (χ0n) is 34.6. The van der Waals surface area contributed by atoms with Crippen LogP contribution in [-0.4, -0.2) is 79.0 Å². The van der Waals surface area contributed by atoms with Gasteiger partial charge >= 0.3 is 17.9 Å². The van der Waals surface area contributed by atoms with E-state index in [0.717, 1.165) is 56.7 Å². The number of nitrogens with zero attached hydrogens (tertiary/aromatic N) is 2. The molecule has 306 valence electrons. The van der Waals surface area contributed by atoms with Crippen molar-refractivity contribution in [1.29, 1.82) is 0 Å². The summed E-state index contributed by atoms with van der Waals surface area (Å²) in [4.78, 5) is 37.6. The number of aryl methyl sites for hydroxylation is 2. The molecule has 1 fully saturated rings. The molecule has 1 unspecified atom stereocenters. The van der Waals surface area contributed by atoms with Crippen LogP contribution in [0.4, 0.5) is 5.69 Å². The highest BCUT2D eigenvalue weighted by atomic mass is 16.5. The molecule has 0 aliphatic carbocycles. The summed E-state index contributed by atoms with van der Waals surface area (Å²) < 4.78 is 10.4. The summed E-state index contributed by atoms with van der Waals surface area (Å²) in [6.45, 7) is 8.91. The van der Waals surface area contributed by atoms with Gasteiger partial charge in [-0.05, 0) is 141 Å². The van der Waals surface area contributed by atoms with E-state index >= 15 is 0 Å². The highest BCUT2D eigenvalue weighted by Gasteiger charge is 2.22. The van der Waals surface area contributed by atoms with E-state index in [0.29, 0.717) is 36.9 Å². The standard InChI is InChI=1S/C17H19NO2.C16H16O3.C15H21NO3/c1-12-6-4-5-7-15(12)16-9-8-13(17(19)20)10-14(16)11-18(2)3;1-11-5-3-4-6-14(11)15-8-7-12(16(17)18)9-13(15)10-19-2;1-11-5-3-4-8-16(11)14-7-6-12(15(17)18)9-13(14)10-19-2/h4-10H,11H2,1-3H3,(H,19,20);3-9H,10H2,1-2H3,(H,17,18);6-7,9,11H,3-5,8,10H2,1-2H3,(H,17,18). The Morgan fingerprint density at radius 1 is 0.621 bits per heavy atom. The fourth-order valence-electron chi connectivity index (χ4n) is 7.20. The zero-order valence-corrected chi connectivity index (χ0v) is 34.6. The van der Waals surface area contributed by atoms with Crippen LogP contribution in [0.2, 0.25) is 0 Å². The molecule has 1 aliphatic heterocycles. The van der Waals surface area contributed by atoms with Gasteiger partial charge in [-0.3, -0.25) is 0 Å². The first-order chi connectivity index (χ1) is 27.7. The third-order valence-corrected chi connectivity index (χ3v) is 10.1. The average Bonchev–Trinajstić information content (AvgIpc) is 3.19. The second kappa shape index (κ2) is 21.6. The van der Waals surface area contributed by atoms with Crippen molar-refractivity contribution in [2.75, 3.05) is 39.8 Å². The quantitative estimate of drug-likeness (QED) is 0.112. The fraction of sp³-hybridized carbons (Fsp3) is 0.312. The van der Waals surface area contributed by atoms with E-state index in [1.54, 1.807) is 50.6 Å². The topological polar surface area (TPSA) is 137 Å². The molecule has 6 rings (SSSR count). The largest absolute Gasteiger partial charge is 0.478 e. The summed E-state index contributed by atoms with van der Waals surface area (Å²) in [6, 6.07) is 32.5. The number of ether oxygens (including phenoxy) is 2. The van der Waals surface area contributed by atoms with Crippen LogP contribution in [0.1, 0.15) is 85.1 Å². The number of aromatic carboxylic acids is 3. The Bertz CT molecular complexity index is 2180. The molecule has 3 N–H and O–H groups in total. The van der Waals surface area contributed by atoms with Crippen LogP contribution in [0.25, 0.3) is 22.3 Å². The molecule has 1 aliphatic rings. The van der Waals surface area contributed by atoms with Crippen LogP contribution in [0.15, 0.2) is 103 Å². The highest BCUT2D eigenvalue weighted by Crippen LogP contribution is 2.31. The van der Waals surface area contributed by atoms with E-state index in [-0.39, 0.29) is 5.56 Å². The Kier molecular flexibility index (Phi) is 16.8. The molecule has 5 aromatic rings. The fourth-order valence-corrected chi connectivity index (χ4v) is 7.20. The van der Waals surface area contributed by atoms with Gasteiger partial charge in [0.2, 0.25) is 0 Å². The van der Waals surface area contributed by atoms with Gasteiger partial charge in [-0.1, -0.05) is 60.7 Å². The smallest absolute Gasteiger partial charge is 0.335 e. The van der Waals surface area contributed by atoms with E-state index in [1.165, 1.54) is 24.8 Å². The lowest BCUT2D eigenvalue weighted by molar-refractivity contribution is 0.0685. The second-order valence-electron chi connectivity index (χ2n) is 14.8. The van der Waals surface area contributed by atoms with Crippen molar-refractivity contribution in [2.24, 2.45) is 0 Å². The molecule has 10 heteroatoms. The van der Waals surface area contributed by atoms with Gasteiger partial charge in [0.25, 0.3) is 0 Å². The summed E-state index contributed by atoms with van der Waals surface area (Å²) in [5.74, 6) is -2.70. The Hall–Kier alpha value is -5.81. The van der Waals surface area contributed by atoms with Crippen molar-refractivity contribution in [3.05, 3.63) is 148 Å². The first kappa shape index (κ1) is 44.9. The van der Waals surface area contributed by atoms with E-state index in [2.05, 4.69) is 30.9 Å². The molecule has 58 heavy (non-hydrogen) atoms. The van der Waals surface area contributed by atoms with E-state index in [1.807, 2.05) is 80.5 Å². The van der Waals surface area contributed by atoms with Crippen molar-refractivity contribution in [2.45, 2.75) is 65.8 Å². The predicted molar refractivity (Wildman–Crippen MR) is 230 cm³/mol. The summed E-state index contributed by atoms with van der Waals surface area (Å²) in [6.07, 6.45) is 3.65. The zero-order chi connectivity index (χ0) is 42.4. The monoisotopic (exact) mass is 788 g/mol. The SMILES string of the molecule is COCc1cc(C(=O)O)ccc1-c1ccccc1C.COCc1cc(C(=O)O)ccc1N1CCCCC1C.Cc1ccccc1-c1ccc(C(=O)O)cc1CN(C)C. The number of carbonyl (C=O) groups is 3. The molecular weight excluding hydrogens is 733 g/mol. The summed E-state index contributed by atoms with van der Waals surface area (Å²) >= 11 is 0. The van der Waals surface area contributed by atoms with Crippen molar-refractivity contribution in [3.63, 3.8) is 0 Å². The molecule has 0 bridgehead atoms.